The Bertz CT molecular complexity index is 796. The molecule has 1 spiro atoms. The maximum absolute atomic E-state index is 10.3. The van der Waals surface area contributed by atoms with Crippen LogP contribution in [0.1, 0.15) is 39.5 Å². The molecule has 0 bridgehead atoms. The van der Waals surface area contributed by atoms with Gasteiger partial charge in [-0.15, -0.1) is 0 Å². The molecule has 0 aromatic carbocycles. The van der Waals surface area contributed by atoms with Crippen molar-refractivity contribution in [1.82, 2.24) is 19.7 Å². The second-order valence-electron chi connectivity index (χ2n) is 8.08. The van der Waals surface area contributed by atoms with Crippen LogP contribution in [0.3, 0.4) is 0 Å². The number of anilines is 2. The lowest BCUT2D eigenvalue weighted by molar-refractivity contribution is -0.183. The second kappa shape index (κ2) is 6.35. The van der Waals surface area contributed by atoms with Crippen LogP contribution in [0.5, 0.6) is 0 Å². The van der Waals surface area contributed by atoms with Gasteiger partial charge in [-0.05, 0) is 25.2 Å². The van der Waals surface area contributed by atoms with Gasteiger partial charge in [0.1, 0.15) is 5.82 Å². The molecule has 2 atom stereocenters. The van der Waals surface area contributed by atoms with Crippen LogP contribution in [0.2, 0.25) is 0 Å². The molecule has 26 heavy (non-hydrogen) atoms. The van der Waals surface area contributed by atoms with E-state index in [1.165, 1.54) is 0 Å². The topological polar surface area (TPSA) is 102 Å². The van der Waals surface area contributed by atoms with Crippen LogP contribution in [0, 0.1) is 5.92 Å². The number of piperidine rings is 1. The first-order valence-electron chi connectivity index (χ1n) is 9.43. The zero-order valence-electron chi connectivity index (χ0n) is 15.7. The highest BCUT2D eigenvalue weighted by Gasteiger charge is 2.44. The van der Waals surface area contributed by atoms with E-state index in [9.17, 15) is 5.11 Å². The third kappa shape index (κ3) is 3.01. The van der Waals surface area contributed by atoms with E-state index in [-0.39, 0.29) is 17.8 Å². The number of aliphatic hydroxyl groups is 1. The average Bonchev–Trinajstić information content (AvgIpc) is 2.96. The van der Waals surface area contributed by atoms with E-state index in [1.54, 1.807) is 10.9 Å². The molecule has 2 aliphatic rings. The minimum absolute atomic E-state index is 0.128. The SMILES string of the molecule is CC(C)[C@H]1C[C@@H](O)CC2(CCN(c3nc(N)c4cnn(C)c4n3)CC2)O1. The predicted octanol–water partition coefficient (Wildman–Crippen LogP) is 1.48. The Balaban J connectivity index is 1.52. The Hall–Kier alpha value is -1.93. The summed E-state index contributed by atoms with van der Waals surface area (Å²) in [6.45, 7) is 5.90. The molecule has 2 fully saturated rings. The fourth-order valence-corrected chi connectivity index (χ4v) is 4.22. The number of fused-ring (bicyclic) bond motifs is 1. The van der Waals surface area contributed by atoms with E-state index < -0.39 is 0 Å². The first-order valence-corrected chi connectivity index (χ1v) is 9.43. The van der Waals surface area contributed by atoms with E-state index in [2.05, 4.69) is 33.8 Å². The Morgan fingerprint density at radius 1 is 1.31 bits per heavy atom. The molecule has 8 heteroatoms. The van der Waals surface area contributed by atoms with Gasteiger partial charge in [-0.2, -0.15) is 15.1 Å². The van der Waals surface area contributed by atoms with Crippen molar-refractivity contribution in [2.75, 3.05) is 23.7 Å². The molecule has 4 heterocycles. The first kappa shape index (κ1) is 17.5. The molecular formula is C18H28N6O2. The largest absolute Gasteiger partial charge is 0.393 e. The Kier molecular flexibility index (Phi) is 4.27. The number of ether oxygens (including phenoxy) is 1. The Labute approximate surface area is 153 Å². The van der Waals surface area contributed by atoms with Crippen molar-refractivity contribution in [3.05, 3.63) is 6.20 Å². The van der Waals surface area contributed by atoms with Crippen LogP contribution in [0.4, 0.5) is 11.8 Å². The standard InChI is InChI=1S/C18H28N6O2/c1-11(2)14-8-12(25)9-18(26-14)4-6-24(7-5-18)17-21-15(19)13-10-20-23(3)16(13)22-17/h10-12,14,25H,4-9H2,1-3H3,(H2,19,21,22)/t12-,14-/m1/s1. The number of nitrogens with two attached hydrogens (primary N) is 1. The molecule has 3 N–H and O–H groups in total. The fraction of sp³-hybridized carbons (Fsp3) is 0.722. The summed E-state index contributed by atoms with van der Waals surface area (Å²) >= 11 is 0. The van der Waals surface area contributed by atoms with Crippen molar-refractivity contribution in [3.8, 4) is 0 Å². The minimum Gasteiger partial charge on any atom is -0.393 e. The van der Waals surface area contributed by atoms with Crippen molar-refractivity contribution in [2.24, 2.45) is 13.0 Å². The molecule has 2 saturated heterocycles. The van der Waals surface area contributed by atoms with E-state index in [1.807, 2.05) is 7.05 Å². The van der Waals surface area contributed by atoms with Gasteiger partial charge in [0.25, 0.3) is 0 Å². The maximum Gasteiger partial charge on any atom is 0.229 e. The van der Waals surface area contributed by atoms with Gasteiger partial charge in [0.15, 0.2) is 5.65 Å². The average molecular weight is 360 g/mol. The van der Waals surface area contributed by atoms with Gasteiger partial charge in [-0.25, -0.2) is 0 Å². The highest BCUT2D eigenvalue weighted by atomic mass is 16.5. The van der Waals surface area contributed by atoms with Crippen molar-refractivity contribution < 1.29 is 9.84 Å². The van der Waals surface area contributed by atoms with E-state index >= 15 is 0 Å². The van der Waals surface area contributed by atoms with Crippen LogP contribution < -0.4 is 10.6 Å². The van der Waals surface area contributed by atoms with E-state index in [0.29, 0.717) is 24.1 Å². The van der Waals surface area contributed by atoms with Crippen molar-refractivity contribution in [3.63, 3.8) is 0 Å². The van der Waals surface area contributed by atoms with Gasteiger partial charge in [0, 0.05) is 26.6 Å². The molecule has 8 nitrogen and oxygen atoms in total. The summed E-state index contributed by atoms with van der Waals surface area (Å²) in [6, 6.07) is 0. The lowest BCUT2D eigenvalue weighted by atomic mass is 9.80. The zero-order valence-corrected chi connectivity index (χ0v) is 15.7. The summed E-state index contributed by atoms with van der Waals surface area (Å²) in [7, 11) is 1.85. The molecule has 2 aromatic rings. The van der Waals surface area contributed by atoms with Crippen LogP contribution in [0.15, 0.2) is 6.20 Å². The quantitative estimate of drug-likeness (QED) is 0.836. The Morgan fingerprint density at radius 2 is 2.04 bits per heavy atom. The molecule has 4 rings (SSSR count). The summed E-state index contributed by atoms with van der Waals surface area (Å²) in [5.41, 5.74) is 6.61. The lowest BCUT2D eigenvalue weighted by Gasteiger charge is -2.48. The van der Waals surface area contributed by atoms with Crippen molar-refractivity contribution >= 4 is 22.8 Å². The fourth-order valence-electron chi connectivity index (χ4n) is 4.22. The summed E-state index contributed by atoms with van der Waals surface area (Å²) in [6.07, 6.45) is 4.72. The van der Waals surface area contributed by atoms with Crippen LogP contribution >= 0.6 is 0 Å². The zero-order chi connectivity index (χ0) is 18.5. The lowest BCUT2D eigenvalue weighted by Crippen LogP contribution is -2.54. The molecule has 2 aromatic heterocycles. The Morgan fingerprint density at radius 3 is 2.73 bits per heavy atom. The van der Waals surface area contributed by atoms with Gasteiger partial charge in [0.2, 0.25) is 5.95 Å². The van der Waals surface area contributed by atoms with E-state index in [4.69, 9.17) is 10.5 Å². The smallest absolute Gasteiger partial charge is 0.229 e. The summed E-state index contributed by atoms with van der Waals surface area (Å²) in [5, 5.41) is 15.3. The van der Waals surface area contributed by atoms with Gasteiger partial charge in [-0.1, -0.05) is 13.8 Å². The second-order valence-corrected chi connectivity index (χ2v) is 8.08. The predicted molar refractivity (Wildman–Crippen MR) is 99.8 cm³/mol. The third-order valence-electron chi connectivity index (χ3n) is 5.82. The minimum atomic E-state index is -0.277. The highest BCUT2D eigenvalue weighted by Crippen LogP contribution is 2.40. The number of nitrogens with zero attached hydrogens (tertiary/aromatic N) is 5. The van der Waals surface area contributed by atoms with Gasteiger partial charge >= 0.3 is 0 Å². The molecule has 0 radical (unpaired) electrons. The summed E-state index contributed by atoms with van der Waals surface area (Å²) in [5.74, 6) is 1.52. The third-order valence-corrected chi connectivity index (χ3v) is 5.82. The molecule has 0 amide bonds. The number of rotatable bonds is 2. The normalized spacial score (nSPS) is 26.1. The van der Waals surface area contributed by atoms with Crippen LogP contribution in [-0.2, 0) is 11.8 Å². The molecule has 0 unspecified atom stereocenters. The van der Waals surface area contributed by atoms with Crippen molar-refractivity contribution in [2.45, 2.75) is 57.3 Å². The van der Waals surface area contributed by atoms with Gasteiger partial charge < -0.3 is 20.5 Å². The van der Waals surface area contributed by atoms with Crippen LogP contribution in [-0.4, -0.2) is 55.8 Å². The monoisotopic (exact) mass is 360 g/mol. The first-order chi connectivity index (χ1) is 12.4. The number of hydrogen-bond donors (Lipinski definition) is 2. The number of hydrogen-bond acceptors (Lipinski definition) is 7. The molecule has 0 aliphatic carbocycles. The van der Waals surface area contributed by atoms with Crippen LogP contribution in [0.25, 0.3) is 11.0 Å². The molecule has 0 saturated carbocycles. The number of aliphatic hydroxyl groups excluding tert-OH is 1. The number of aromatic nitrogens is 4. The van der Waals surface area contributed by atoms with Gasteiger partial charge in [0.05, 0.1) is 29.4 Å². The highest BCUT2D eigenvalue weighted by molar-refractivity contribution is 5.86. The molecule has 142 valence electrons. The number of nitrogen functional groups attached to an aromatic ring is 1. The summed E-state index contributed by atoms with van der Waals surface area (Å²) < 4.78 is 8.18. The molecule has 2 aliphatic heterocycles. The maximum atomic E-state index is 10.3. The number of aryl methyl sites for hydroxylation is 1. The molecular weight excluding hydrogens is 332 g/mol. The van der Waals surface area contributed by atoms with Crippen molar-refractivity contribution in [1.29, 1.82) is 0 Å². The van der Waals surface area contributed by atoms with Gasteiger partial charge in [-0.3, -0.25) is 4.68 Å². The van der Waals surface area contributed by atoms with E-state index in [0.717, 1.165) is 43.4 Å². The summed E-state index contributed by atoms with van der Waals surface area (Å²) in [4.78, 5) is 11.3.